The van der Waals surface area contributed by atoms with E-state index in [9.17, 15) is 24.6 Å². The molecule has 0 saturated heterocycles. The molecule has 0 aliphatic rings. The zero-order chi connectivity index (χ0) is 25.6. The second kappa shape index (κ2) is 21.6. The van der Waals surface area contributed by atoms with Crippen LogP contribution in [0.3, 0.4) is 0 Å². The molecule has 0 fully saturated rings. The monoisotopic (exact) mass is 486 g/mol. The van der Waals surface area contributed by atoms with E-state index in [0.29, 0.717) is 19.3 Å². The number of aliphatic hydroxyl groups excluding tert-OH is 2. The number of hydrogen-bond acceptors (Lipinski definition) is 8. The molecule has 0 saturated carbocycles. The minimum Gasteiger partial charge on any atom is -0.462 e. The van der Waals surface area contributed by atoms with Gasteiger partial charge >= 0.3 is 17.9 Å². The van der Waals surface area contributed by atoms with Crippen LogP contribution in [0.2, 0.25) is 0 Å². The third-order valence-corrected chi connectivity index (χ3v) is 5.43. The van der Waals surface area contributed by atoms with E-state index in [1.165, 1.54) is 6.92 Å². The van der Waals surface area contributed by atoms with Crippen LogP contribution in [0, 0.1) is 0 Å². The Labute approximate surface area is 205 Å². The van der Waals surface area contributed by atoms with Crippen LogP contribution >= 0.6 is 0 Å². The summed E-state index contributed by atoms with van der Waals surface area (Å²) in [5.41, 5.74) is 0. The first-order chi connectivity index (χ1) is 16.3. The fraction of sp³-hybridized carbons (Fsp3) is 0.808. The van der Waals surface area contributed by atoms with E-state index < -0.39 is 30.3 Å². The van der Waals surface area contributed by atoms with Gasteiger partial charge in [-0.15, -0.1) is 6.58 Å². The van der Waals surface area contributed by atoms with Crippen LogP contribution in [0.1, 0.15) is 104 Å². The first-order valence-electron chi connectivity index (χ1n) is 12.7. The van der Waals surface area contributed by atoms with Gasteiger partial charge in [0.25, 0.3) is 0 Å². The second-order valence-corrected chi connectivity index (χ2v) is 8.81. The molecule has 3 atom stereocenters. The summed E-state index contributed by atoms with van der Waals surface area (Å²) in [5.74, 6) is -1.27. The summed E-state index contributed by atoms with van der Waals surface area (Å²) in [4.78, 5) is 35.2. The van der Waals surface area contributed by atoms with Gasteiger partial charge in [0.2, 0.25) is 0 Å². The molecule has 0 rings (SSSR count). The van der Waals surface area contributed by atoms with Crippen molar-refractivity contribution in [2.75, 3.05) is 13.2 Å². The van der Waals surface area contributed by atoms with Crippen molar-refractivity contribution in [1.82, 2.24) is 0 Å². The molecular formula is C26H46O8. The first kappa shape index (κ1) is 32.1. The lowest BCUT2D eigenvalue weighted by Crippen LogP contribution is -2.30. The number of ether oxygens (including phenoxy) is 3. The van der Waals surface area contributed by atoms with Gasteiger partial charge in [0.1, 0.15) is 13.2 Å². The molecule has 0 spiro atoms. The second-order valence-electron chi connectivity index (χ2n) is 8.81. The summed E-state index contributed by atoms with van der Waals surface area (Å²) in [6.45, 7) is 6.24. The van der Waals surface area contributed by atoms with Gasteiger partial charge in [-0.3, -0.25) is 14.4 Å². The largest absolute Gasteiger partial charge is 0.462 e. The molecule has 8 nitrogen and oxygen atoms in total. The Hall–Kier alpha value is -1.93. The standard InChI is InChI=1S/C26H46O8/c1-4-5-6-7-8-11-14-17-25(30)33-20-23(19-32-22(3)28)34-26(31)18-15-12-9-10-13-16-24(29)21(2)27/h4,21,23-24,27,29H,1,5-20H2,2-3H3. The van der Waals surface area contributed by atoms with Gasteiger partial charge in [-0.05, 0) is 39.0 Å². The van der Waals surface area contributed by atoms with Crippen molar-refractivity contribution in [3.8, 4) is 0 Å². The summed E-state index contributed by atoms with van der Waals surface area (Å²) in [7, 11) is 0. The van der Waals surface area contributed by atoms with Gasteiger partial charge in [0.05, 0.1) is 12.2 Å². The first-order valence-corrected chi connectivity index (χ1v) is 12.7. The third kappa shape index (κ3) is 20.7. The van der Waals surface area contributed by atoms with Crippen LogP contribution in [0.4, 0.5) is 0 Å². The predicted octanol–water partition coefficient (Wildman–Crippen LogP) is 4.39. The number of aliphatic hydroxyl groups is 2. The third-order valence-electron chi connectivity index (χ3n) is 5.43. The predicted molar refractivity (Wildman–Crippen MR) is 130 cm³/mol. The van der Waals surface area contributed by atoms with E-state index in [2.05, 4.69) is 6.58 Å². The molecule has 0 radical (unpaired) electrons. The van der Waals surface area contributed by atoms with Gasteiger partial charge in [-0.25, -0.2) is 0 Å². The van der Waals surface area contributed by atoms with Crippen molar-refractivity contribution in [3.05, 3.63) is 12.7 Å². The molecule has 0 aromatic rings. The van der Waals surface area contributed by atoms with E-state index in [-0.39, 0.29) is 25.6 Å². The highest BCUT2D eigenvalue weighted by molar-refractivity contribution is 5.70. The topological polar surface area (TPSA) is 119 Å². The molecular weight excluding hydrogens is 440 g/mol. The van der Waals surface area contributed by atoms with Gasteiger partial charge in [0, 0.05) is 19.8 Å². The summed E-state index contributed by atoms with van der Waals surface area (Å²) in [6.07, 6.45) is 11.0. The van der Waals surface area contributed by atoms with Crippen molar-refractivity contribution in [1.29, 1.82) is 0 Å². The van der Waals surface area contributed by atoms with Crippen molar-refractivity contribution in [2.45, 2.75) is 122 Å². The quantitative estimate of drug-likeness (QED) is 0.100. The number of hydrogen-bond donors (Lipinski definition) is 2. The number of esters is 3. The lowest BCUT2D eigenvalue weighted by atomic mass is 10.0. The summed E-state index contributed by atoms with van der Waals surface area (Å²) < 4.78 is 15.5. The Morgan fingerprint density at radius 1 is 0.794 bits per heavy atom. The summed E-state index contributed by atoms with van der Waals surface area (Å²) in [6, 6.07) is 0. The normalized spacial score (nSPS) is 13.5. The molecule has 3 unspecified atom stereocenters. The Kier molecular flexibility index (Phi) is 20.4. The summed E-state index contributed by atoms with van der Waals surface area (Å²) in [5, 5.41) is 18.8. The highest BCUT2D eigenvalue weighted by Crippen LogP contribution is 2.12. The maximum atomic E-state index is 12.1. The molecule has 0 amide bonds. The Morgan fingerprint density at radius 2 is 1.32 bits per heavy atom. The van der Waals surface area contributed by atoms with Gasteiger partial charge in [0.15, 0.2) is 6.10 Å². The zero-order valence-corrected chi connectivity index (χ0v) is 21.2. The number of carbonyl (C=O) groups is 3. The molecule has 198 valence electrons. The average molecular weight is 487 g/mol. The summed E-state index contributed by atoms with van der Waals surface area (Å²) >= 11 is 0. The van der Waals surface area contributed by atoms with Gasteiger partial charge in [-0.1, -0.05) is 51.0 Å². The van der Waals surface area contributed by atoms with E-state index in [4.69, 9.17) is 14.2 Å². The van der Waals surface area contributed by atoms with Gasteiger partial charge in [-0.2, -0.15) is 0 Å². The number of carbonyl (C=O) groups excluding carboxylic acids is 3. The highest BCUT2D eigenvalue weighted by Gasteiger charge is 2.18. The van der Waals surface area contributed by atoms with E-state index >= 15 is 0 Å². The van der Waals surface area contributed by atoms with Crippen LogP contribution in [0.25, 0.3) is 0 Å². The molecule has 2 N–H and O–H groups in total. The lowest BCUT2D eigenvalue weighted by molar-refractivity contribution is -0.166. The van der Waals surface area contributed by atoms with Crippen LogP contribution in [-0.4, -0.2) is 59.6 Å². The van der Waals surface area contributed by atoms with Crippen LogP contribution < -0.4 is 0 Å². The molecule has 0 aromatic heterocycles. The van der Waals surface area contributed by atoms with Crippen LogP contribution in [0.5, 0.6) is 0 Å². The molecule has 0 aliphatic carbocycles. The van der Waals surface area contributed by atoms with Crippen molar-refractivity contribution >= 4 is 17.9 Å². The smallest absolute Gasteiger partial charge is 0.306 e. The van der Waals surface area contributed by atoms with E-state index in [1.54, 1.807) is 6.92 Å². The molecule has 8 heteroatoms. The van der Waals surface area contributed by atoms with Crippen LogP contribution in [-0.2, 0) is 28.6 Å². The van der Waals surface area contributed by atoms with Crippen molar-refractivity contribution in [3.63, 3.8) is 0 Å². The highest BCUT2D eigenvalue weighted by atomic mass is 16.6. The van der Waals surface area contributed by atoms with Crippen LogP contribution in [0.15, 0.2) is 12.7 Å². The van der Waals surface area contributed by atoms with Crippen molar-refractivity contribution < 1.29 is 38.8 Å². The van der Waals surface area contributed by atoms with Gasteiger partial charge < -0.3 is 24.4 Å². The number of unbranched alkanes of at least 4 members (excludes halogenated alkanes) is 9. The molecule has 0 aliphatic heterocycles. The van der Waals surface area contributed by atoms with Crippen molar-refractivity contribution in [2.24, 2.45) is 0 Å². The maximum Gasteiger partial charge on any atom is 0.306 e. The SMILES string of the molecule is C=CCCCCCCCC(=O)OCC(COC(C)=O)OC(=O)CCCCCCCC(O)C(C)O. The molecule has 0 heterocycles. The molecule has 0 aromatic carbocycles. The number of rotatable bonds is 22. The Bertz CT molecular complexity index is 561. The molecule has 0 bridgehead atoms. The van der Waals surface area contributed by atoms with E-state index in [0.717, 1.165) is 64.2 Å². The number of allylic oxidation sites excluding steroid dienone is 1. The zero-order valence-electron chi connectivity index (χ0n) is 21.2. The Morgan fingerprint density at radius 3 is 1.91 bits per heavy atom. The minimum atomic E-state index is -0.818. The Balaban J connectivity index is 4.07. The average Bonchev–Trinajstić information content (AvgIpc) is 2.79. The van der Waals surface area contributed by atoms with E-state index in [1.807, 2.05) is 6.08 Å². The minimum absolute atomic E-state index is 0.136. The maximum absolute atomic E-state index is 12.1. The fourth-order valence-corrected chi connectivity index (χ4v) is 3.31. The lowest BCUT2D eigenvalue weighted by Gasteiger charge is -2.18. The fourth-order valence-electron chi connectivity index (χ4n) is 3.31. The molecule has 34 heavy (non-hydrogen) atoms.